The van der Waals surface area contributed by atoms with Crippen molar-refractivity contribution < 1.29 is 4.79 Å². The minimum atomic E-state index is -0.298. The number of hydrogen-bond donors (Lipinski definition) is 2. The number of carbonyl (C=O) groups excluding carboxylic acids is 1. The van der Waals surface area contributed by atoms with Crippen LogP contribution in [0.25, 0.3) is 0 Å². The third kappa shape index (κ3) is 3.10. The van der Waals surface area contributed by atoms with Crippen molar-refractivity contribution in [2.45, 2.75) is 12.8 Å². The Morgan fingerprint density at radius 3 is 2.89 bits per heavy atom. The highest BCUT2D eigenvalue weighted by atomic mass is 16.2. The zero-order chi connectivity index (χ0) is 13.0. The number of carbonyl (C=O) groups is 1. The first-order chi connectivity index (χ1) is 8.65. The normalized spacial score (nSPS) is 18.3. The zero-order valence-electron chi connectivity index (χ0n) is 10.3. The van der Waals surface area contributed by atoms with Gasteiger partial charge in [-0.05, 0) is 25.0 Å². The molecule has 2 amide bonds. The van der Waals surface area contributed by atoms with E-state index in [1.54, 1.807) is 17.2 Å². The monoisotopic (exact) mass is 244 g/mol. The van der Waals surface area contributed by atoms with Crippen LogP contribution in [0.2, 0.25) is 0 Å². The van der Waals surface area contributed by atoms with Gasteiger partial charge in [0.15, 0.2) is 0 Å². The van der Waals surface area contributed by atoms with E-state index in [9.17, 15) is 4.79 Å². The van der Waals surface area contributed by atoms with Gasteiger partial charge in [0.25, 0.3) is 0 Å². The maximum absolute atomic E-state index is 11.7. The number of amides is 2. The lowest BCUT2D eigenvalue weighted by Crippen LogP contribution is -2.39. The van der Waals surface area contributed by atoms with Gasteiger partial charge < -0.3 is 10.2 Å². The Bertz CT molecular complexity index is 485. The van der Waals surface area contributed by atoms with Crippen LogP contribution >= 0.6 is 0 Å². The van der Waals surface area contributed by atoms with Crippen LogP contribution in [0.4, 0.5) is 4.79 Å². The summed E-state index contributed by atoms with van der Waals surface area (Å²) in [7, 11) is 1.84. The van der Waals surface area contributed by atoms with Crippen molar-refractivity contribution in [1.82, 2.24) is 15.5 Å². The number of allylic oxidation sites excluding steroid dienone is 3. The molecule has 0 radical (unpaired) electrons. The molecule has 94 valence electrons. The fourth-order valence-electron chi connectivity index (χ4n) is 1.58. The maximum atomic E-state index is 11.7. The summed E-state index contributed by atoms with van der Waals surface area (Å²) in [6.45, 7) is 3.76. The summed E-state index contributed by atoms with van der Waals surface area (Å²) in [4.78, 5) is 17.6. The van der Waals surface area contributed by atoms with Gasteiger partial charge in [0.1, 0.15) is 11.7 Å². The van der Waals surface area contributed by atoms with E-state index >= 15 is 0 Å². The molecule has 0 aromatic rings. The molecule has 0 aromatic carbocycles. The number of hydrogen-bond acceptors (Lipinski definition) is 3. The van der Waals surface area contributed by atoms with E-state index in [2.05, 4.69) is 22.2 Å². The van der Waals surface area contributed by atoms with Gasteiger partial charge in [0, 0.05) is 18.9 Å². The molecule has 0 unspecified atom stereocenters. The highest BCUT2D eigenvalue weighted by Gasteiger charge is 2.10. The van der Waals surface area contributed by atoms with Gasteiger partial charge in [-0.25, -0.2) is 9.79 Å². The Labute approximate surface area is 106 Å². The average Bonchev–Trinajstić information content (AvgIpc) is 2.35. The molecule has 18 heavy (non-hydrogen) atoms. The van der Waals surface area contributed by atoms with Crippen molar-refractivity contribution in [1.29, 1.82) is 0 Å². The minimum Gasteiger partial charge on any atom is -0.336 e. The molecule has 0 aromatic heterocycles. The predicted octanol–water partition coefficient (Wildman–Crippen LogP) is 1.85. The molecule has 0 saturated carbocycles. The van der Waals surface area contributed by atoms with Crippen molar-refractivity contribution >= 4 is 11.9 Å². The van der Waals surface area contributed by atoms with Crippen LogP contribution in [0.15, 0.2) is 53.6 Å². The van der Waals surface area contributed by atoms with Crippen LogP contribution in [0.1, 0.15) is 12.8 Å². The highest BCUT2D eigenvalue weighted by Crippen LogP contribution is 2.08. The first-order valence-electron chi connectivity index (χ1n) is 5.78. The molecule has 2 aliphatic rings. The fourth-order valence-corrected chi connectivity index (χ4v) is 1.58. The van der Waals surface area contributed by atoms with Crippen molar-refractivity contribution in [3.05, 3.63) is 48.6 Å². The Balaban J connectivity index is 1.90. The number of nitrogens with zero attached hydrogens (tertiary/aromatic N) is 2. The number of aliphatic imine (C=N–C) groups is 1. The molecule has 5 heteroatoms. The predicted molar refractivity (Wildman–Crippen MR) is 71.6 cm³/mol. The van der Waals surface area contributed by atoms with E-state index in [1.165, 1.54) is 0 Å². The van der Waals surface area contributed by atoms with Crippen LogP contribution in [0, 0.1) is 0 Å². The van der Waals surface area contributed by atoms with Crippen molar-refractivity contribution in [2.75, 3.05) is 7.05 Å². The maximum Gasteiger partial charge on any atom is 0.324 e. The van der Waals surface area contributed by atoms with Gasteiger partial charge in [0.05, 0.1) is 0 Å². The molecular weight excluding hydrogens is 228 g/mol. The lowest BCUT2D eigenvalue weighted by atomic mass is 10.1. The van der Waals surface area contributed by atoms with Gasteiger partial charge in [-0.1, -0.05) is 18.7 Å². The molecule has 5 nitrogen and oxygen atoms in total. The molecule has 1 aliphatic carbocycles. The zero-order valence-corrected chi connectivity index (χ0v) is 10.3. The Morgan fingerprint density at radius 1 is 1.39 bits per heavy atom. The second-order valence-electron chi connectivity index (χ2n) is 4.06. The van der Waals surface area contributed by atoms with Crippen LogP contribution < -0.4 is 10.6 Å². The van der Waals surface area contributed by atoms with E-state index in [4.69, 9.17) is 0 Å². The van der Waals surface area contributed by atoms with Gasteiger partial charge in [-0.2, -0.15) is 0 Å². The van der Waals surface area contributed by atoms with Crippen LogP contribution in [0.5, 0.6) is 0 Å². The summed E-state index contributed by atoms with van der Waals surface area (Å²) in [5, 5.41) is 5.43. The summed E-state index contributed by atoms with van der Waals surface area (Å²) >= 11 is 0. The molecule has 0 spiro atoms. The highest BCUT2D eigenvalue weighted by molar-refractivity contribution is 6.04. The topological polar surface area (TPSA) is 56.7 Å². The third-order valence-corrected chi connectivity index (χ3v) is 2.61. The van der Waals surface area contributed by atoms with Gasteiger partial charge in [0.2, 0.25) is 0 Å². The summed E-state index contributed by atoms with van der Waals surface area (Å²) in [5.41, 5.74) is 0.815. The third-order valence-electron chi connectivity index (χ3n) is 2.61. The lowest BCUT2D eigenvalue weighted by Gasteiger charge is -2.19. The molecule has 0 saturated heterocycles. The quantitative estimate of drug-likeness (QED) is 0.739. The number of rotatable bonds is 1. The summed E-state index contributed by atoms with van der Waals surface area (Å²) < 4.78 is 0. The van der Waals surface area contributed by atoms with Gasteiger partial charge >= 0.3 is 6.03 Å². The van der Waals surface area contributed by atoms with E-state index < -0.39 is 0 Å². The Morgan fingerprint density at radius 2 is 2.22 bits per heavy atom. The summed E-state index contributed by atoms with van der Waals surface area (Å²) in [6.07, 6.45) is 11.4. The lowest BCUT2D eigenvalue weighted by molar-refractivity contribution is 0.248. The number of urea groups is 1. The van der Waals surface area contributed by atoms with Crippen molar-refractivity contribution in [3.63, 3.8) is 0 Å². The average molecular weight is 244 g/mol. The molecule has 0 fully saturated rings. The second kappa shape index (κ2) is 5.35. The molecule has 2 N–H and O–H groups in total. The first kappa shape index (κ1) is 12.2. The smallest absolute Gasteiger partial charge is 0.324 e. The van der Waals surface area contributed by atoms with Crippen molar-refractivity contribution in [2.24, 2.45) is 4.99 Å². The van der Waals surface area contributed by atoms with E-state index in [1.807, 2.05) is 25.3 Å². The minimum absolute atomic E-state index is 0.298. The second-order valence-corrected chi connectivity index (χ2v) is 4.06. The largest absolute Gasteiger partial charge is 0.336 e. The summed E-state index contributed by atoms with van der Waals surface area (Å²) in [6, 6.07) is -0.298. The molecule has 0 bridgehead atoms. The number of nitrogens with one attached hydrogen (secondary N) is 2. The molecule has 0 atom stereocenters. The van der Waals surface area contributed by atoms with Crippen LogP contribution in [-0.4, -0.2) is 23.8 Å². The molecule has 1 heterocycles. The Kier molecular flexibility index (Phi) is 3.62. The van der Waals surface area contributed by atoms with E-state index in [-0.39, 0.29) is 6.03 Å². The molecular formula is C13H16N4O. The van der Waals surface area contributed by atoms with E-state index in [0.29, 0.717) is 11.7 Å². The standard InChI is InChI=1S/C13H16N4O/c1-10-14-12(8-9-17(10)2)16-13(18)15-11-6-4-3-5-7-11/h4,6-9H,1,3,5H2,2H3,(H2,14,15,16,18). The molecule has 1 aliphatic heterocycles. The fraction of sp³-hybridized carbons (Fsp3) is 0.231. The number of amidine groups is 1. The van der Waals surface area contributed by atoms with E-state index in [0.717, 1.165) is 18.5 Å². The van der Waals surface area contributed by atoms with Gasteiger partial charge in [-0.3, -0.25) is 5.32 Å². The Hall–Kier alpha value is -2.30. The summed E-state index contributed by atoms with van der Waals surface area (Å²) in [5.74, 6) is 1.07. The first-order valence-corrected chi connectivity index (χ1v) is 5.78. The van der Waals surface area contributed by atoms with Crippen LogP contribution in [0.3, 0.4) is 0 Å². The van der Waals surface area contributed by atoms with Gasteiger partial charge in [-0.15, -0.1) is 0 Å². The molecule has 2 rings (SSSR count). The van der Waals surface area contributed by atoms with Crippen LogP contribution in [-0.2, 0) is 0 Å². The van der Waals surface area contributed by atoms with Crippen molar-refractivity contribution in [3.8, 4) is 0 Å². The SMILES string of the molecule is C=C1N=C(NC(=O)NC2=CCCC=C2)C=CN1C.